The van der Waals surface area contributed by atoms with E-state index in [9.17, 15) is 0 Å². The molecule has 0 spiro atoms. The van der Waals surface area contributed by atoms with Gasteiger partial charge in [0.15, 0.2) is 5.11 Å². The van der Waals surface area contributed by atoms with Crippen LogP contribution in [0.3, 0.4) is 0 Å². The van der Waals surface area contributed by atoms with Crippen LogP contribution in [0, 0.1) is 6.92 Å². The summed E-state index contributed by atoms with van der Waals surface area (Å²) in [5.74, 6) is 0. The standard InChI is InChI=1S/C11H19N3S2/c1-4-5-6-12-11(15)14-9(3)10-13-7-8(2)16-10/h7,9H,4-6H2,1-3H3,(H2,12,14,15). The van der Waals surface area contributed by atoms with Crippen LogP contribution in [0.1, 0.15) is 42.6 Å². The van der Waals surface area contributed by atoms with Crippen LogP contribution < -0.4 is 10.6 Å². The summed E-state index contributed by atoms with van der Waals surface area (Å²) < 4.78 is 0. The highest BCUT2D eigenvalue weighted by Crippen LogP contribution is 2.18. The number of aromatic nitrogens is 1. The van der Waals surface area contributed by atoms with Crippen molar-refractivity contribution in [2.24, 2.45) is 0 Å². The molecule has 0 fully saturated rings. The summed E-state index contributed by atoms with van der Waals surface area (Å²) in [5.41, 5.74) is 0. The Hall–Kier alpha value is -0.680. The minimum absolute atomic E-state index is 0.181. The topological polar surface area (TPSA) is 37.0 Å². The molecule has 0 aromatic carbocycles. The van der Waals surface area contributed by atoms with Gasteiger partial charge in [-0.3, -0.25) is 0 Å². The molecule has 16 heavy (non-hydrogen) atoms. The highest BCUT2D eigenvalue weighted by atomic mass is 32.1. The number of thiazole rings is 1. The monoisotopic (exact) mass is 257 g/mol. The van der Waals surface area contributed by atoms with Crippen molar-refractivity contribution in [3.05, 3.63) is 16.1 Å². The van der Waals surface area contributed by atoms with Gasteiger partial charge in [-0.15, -0.1) is 11.3 Å². The molecule has 3 nitrogen and oxygen atoms in total. The Bertz CT molecular complexity index is 336. The number of aryl methyl sites for hydroxylation is 1. The molecule has 0 amide bonds. The highest BCUT2D eigenvalue weighted by molar-refractivity contribution is 7.80. The first-order valence-electron chi connectivity index (χ1n) is 5.60. The molecule has 2 N–H and O–H groups in total. The van der Waals surface area contributed by atoms with Crippen molar-refractivity contribution in [1.29, 1.82) is 0 Å². The van der Waals surface area contributed by atoms with Gasteiger partial charge in [0.2, 0.25) is 0 Å². The smallest absolute Gasteiger partial charge is 0.166 e. The van der Waals surface area contributed by atoms with Crippen LogP contribution in [0.25, 0.3) is 0 Å². The van der Waals surface area contributed by atoms with Crippen molar-refractivity contribution in [1.82, 2.24) is 15.6 Å². The Morgan fingerprint density at radius 3 is 2.94 bits per heavy atom. The largest absolute Gasteiger partial charge is 0.363 e. The van der Waals surface area contributed by atoms with Crippen molar-refractivity contribution in [2.45, 2.75) is 39.7 Å². The summed E-state index contributed by atoms with van der Waals surface area (Å²) in [6.07, 6.45) is 4.22. The zero-order valence-electron chi connectivity index (χ0n) is 10.0. The van der Waals surface area contributed by atoms with E-state index in [0.29, 0.717) is 5.11 Å². The van der Waals surface area contributed by atoms with Gasteiger partial charge in [-0.25, -0.2) is 4.98 Å². The Kier molecular flexibility index (Phi) is 5.69. The maximum atomic E-state index is 5.21. The third-order valence-electron chi connectivity index (χ3n) is 2.17. The molecule has 90 valence electrons. The number of rotatable bonds is 5. The Balaban J connectivity index is 2.33. The Morgan fingerprint density at radius 1 is 1.62 bits per heavy atom. The fraction of sp³-hybridized carbons (Fsp3) is 0.636. The second kappa shape index (κ2) is 6.81. The molecule has 5 heteroatoms. The SMILES string of the molecule is CCCCNC(=S)NC(C)c1ncc(C)s1. The van der Waals surface area contributed by atoms with E-state index >= 15 is 0 Å². The van der Waals surface area contributed by atoms with Gasteiger partial charge in [0.05, 0.1) is 6.04 Å². The second-order valence-electron chi connectivity index (χ2n) is 3.78. The van der Waals surface area contributed by atoms with E-state index in [1.807, 2.05) is 6.20 Å². The predicted molar refractivity (Wildman–Crippen MR) is 73.9 cm³/mol. The van der Waals surface area contributed by atoms with Gasteiger partial charge < -0.3 is 10.6 Å². The molecule has 0 saturated heterocycles. The van der Waals surface area contributed by atoms with Gasteiger partial charge in [-0.1, -0.05) is 13.3 Å². The van der Waals surface area contributed by atoms with Gasteiger partial charge in [0.1, 0.15) is 5.01 Å². The van der Waals surface area contributed by atoms with Crippen LogP contribution in [-0.2, 0) is 0 Å². The molecule has 1 atom stereocenters. The van der Waals surface area contributed by atoms with E-state index in [4.69, 9.17) is 12.2 Å². The lowest BCUT2D eigenvalue weighted by molar-refractivity contribution is 0.679. The first-order chi connectivity index (χ1) is 7.63. The number of unbranched alkanes of at least 4 members (excludes halogenated alkanes) is 1. The summed E-state index contributed by atoms with van der Waals surface area (Å²) in [7, 11) is 0. The molecule has 0 aliphatic rings. The molecule has 1 heterocycles. The predicted octanol–water partition coefficient (Wildman–Crippen LogP) is 2.78. The van der Waals surface area contributed by atoms with E-state index < -0.39 is 0 Å². The second-order valence-corrected chi connectivity index (χ2v) is 5.46. The summed E-state index contributed by atoms with van der Waals surface area (Å²) in [5, 5.41) is 8.22. The fourth-order valence-corrected chi connectivity index (χ4v) is 2.32. The van der Waals surface area contributed by atoms with Crippen LogP contribution in [0.15, 0.2) is 6.20 Å². The molecular weight excluding hydrogens is 238 g/mol. The van der Waals surface area contributed by atoms with Gasteiger partial charge in [-0.2, -0.15) is 0 Å². The van der Waals surface area contributed by atoms with Gasteiger partial charge in [0, 0.05) is 17.6 Å². The molecule has 0 aliphatic heterocycles. The number of hydrogen-bond donors (Lipinski definition) is 2. The lowest BCUT2D eigenvalue weighted by Gasteiger charge is -2.14. The minimum atomic E-state index is 0.181. The van der Waals surface area contributed by atoms with Gasteiger partial charge in [-0.05, 0) is 32.5 Å². The molecule has 1 unspecified atom stereocenters. The molecule has 1 aromatic heterocycles. The summed E-state index contributed by atoms with van der Waals surface area (Å²) >= 11 is 6.91. The molecule has 1 aromatic rings. The Morgan fingerprint density at radius 2 is 2.38 bits per heavy atom. The number of thiocarbonyl (C=S) groups is 1. The van der Waals surface area contributed by atoms with Gasteiger partial charge >= 0.3 is 0 Å². The maximum Gasteiger partial charge on any atom is 0.166 e. The van der Waals surface area contributed by atoms with Crippen molar-refractivity contribution in [2.75, 3.05) is 6.54 Å². The zero-order valence-corrected chi connectivity index (χ0v) is 11.7. The highest BCUT2D eigenvalue weighted by Gasteiger charge is 2.09. The molecular formula is C11H19N3S2. The van der Waals surface area contributed by atoms with E-state index in [1.165, 1.54) is 11.3 Å². The third-order valence-corrected chi connectivity index (χ3v) is 3.53. The van der Waals surface area contributed by atoms with Crippen molar-refractivity contribution >= 4 is 28.7 Å². The zero-order chi connectivity index (χ0) is 12.0. The van der Waals surface area contributed by atoms with Crippen LogP contribution in [0.4, 0.5) is 0 Å². The van der Waals surface area contributed by atoms with E-state index in [1.54, 1.807) is 11.3 Å². The van der Waals surface area contributed by atoms with Crippen molar-refractivity contribution in [3.8, 4) is 0 Å². The quantitative estimate of drug-likeness (QED) is 0.628. The number of nitrogens with one attached hydrogen (secondary N) is 2. The molecule has 0 bridgehead atoms. The van der Waals surface area contributed by atoms with E-state index in [2.05, 4.69) is 36.4 Å². The van der Waals surface area contributed by atoms with E-state index in [-0.39, 0.29) is 6.04 Å². The lowest BCUT2D eigenvalue weighted by Crippen LogP contribution is -2.37. The average Bonchev–Trinajstić information content (AvgIpc) is 2.65. The van der Waals surface area contributed by atoms with Crippen molar-refractivity contribution < 1.29 is 0 Å². The third kappa shape index (κ3) is 4.45. The minimum Gasteiger partial charge on any atom is -0.363 e. The van der Waals surface area contributed by atoms with Crippen LogP contribution >= 0.6 is 23.6 Å². The van der Waals surface area contributed by atoms with E-state index in [0.717, 1.165) is 18.0 Å². The number of nitrogens with zero attached hydrogens (tertiary/aromatic N) is 1. The fourth-order valence-electron chi connectivity index (χ4n) is 1.26. The van der Waals surface area contributed by atoms with Crippen LogP contribution in [0.5, 0.6) is 0 Å². The maximum absolute atomic E-state index is 5.21. The Labute approximate surface area is 107 Å². The first kappa shape index (κ1) is 13.4. The normalized spacial score (nSPS) is 12.2. The average molecular weight is 257 g/mol. The lowest BCUT2D eigenvalue weighted by atomic mass is 10.3. The van der Waals surface area contributed by atoms with Crippen molar-refractivity contribution in [3.63, 3.8) is 0 Å². The summed E-state index contributed by atoms with van der Waals surface area (Å²) in [6, 6.07) is 0.181. The molecule has 1 rings (SSSR count). The molecule has 0 aliphatic carbocycles. The van der Waals surface area contributed by atoms with Gasteiger partial charge in [0.25, 0.3) is 0 Å². The summed E-state index contributed by atoms with van der Waals surface area (Å²) in [6.45, 7) is 7.24. The first-order valence-corrected chi connectivity index (χ1v) is 6.82. The summed E-state index contributed by atoms with van der Waals surface area (Å²) in [4.78, 5) is 5.56. The molecule has 0 radical (unpaired) electrons. The molecule has 0 saturated carbocycles. The van der Waals surface area contributed by atoms with Crippen LogP contribution in [0.2, 0.25) is 0 Å². The number of hydrogen-bond acceptors (Lipinski definition) is 3. The van der Waals surface area contributed by atoms with Crippen LogP contribution in [-0.4, -0.2) is 16.6 Å².